The van der Waals surface area contributed by atoms with E-state index in [0.717, 1.165) is 5.56 Å². The van der Waals surface area contributed by atoms with Gasteiger partial charge >= 0.3 is 0 Å². The zero-order valence-electron chi connectivity index (χ0n) is 16.4. The smallest absolute Gasteiger partial charge is 0.190 e. The first-order chi connectivity index (χ1) is 13.5. The number of epoxide rings is 1. The van der Waals surface area contributed by atoms with Crippen LogP contribution in [0.15, 0.2) is 54.6 Å². The fourth-order valence-corrected chi connectivity index (χ4v) is 4.12. The van der Waals surface area contributed by atoms with Gasteiger partial charge < -0.3 is 23.7 Å². The summed E-state index contributed by atoms with van der Waals surface area (Å²) >= 11 is 0. The number of hydrogen-bond donors (Lipinski definition) is 0. The van der Waals surface area contributed by atoms with Crippen LogP contribution in [0.3, 0.4) is 0 Å². The Morgan fingerprint density at radius 3 is 2.36 bits per heavy atom. The summed E-state index contributed by atoms with van der Waals surface area (Å²) in [7, 11) is 0. The first-order valence-corrected chi connectivity index (χ1v) is 9.89. The van der Waals surface area contributed by atoms with Gasteiger partial charge in [-0.2, -0.15) is 0 Å². The summed E-state index contributed by atoms with van der Waals surface area (Å²) in [5.74, 6) is -0.671. The van der Waals surface area contributed by atoms with Crippen molar-refractivity contribution in [2.75, 3.05) is 0 Å². The van der Waals surface area contributed by atoms with Crippen molar-refractivity contribution >= 4 is 0 Å². The summed E-state index contributed by atoms with van der Waals surface area (Å²) in [6.45, 7) is 6.39. The fourth-order valence-electron chi connectivity index (χ4n) is 4.12. The third-order valence-electron chi connectivity index (χ3n) is 5.57. The molecule has 0 N–H and O–H groups in total. The summed E-state index contributed by atoms with van der Waals surface area (Å²) in [6.07, 6.45) is -1.17. The molecule has 5 nitrogen and oxygen atoms in total. The number of hydrogen-bond acceptors (Lipinski definition) is 5. The molecule has 3 saturated heterocycles. The first-order valence-electron chi connectivity index (χ1n) is 9.89. The molecule has 3 heterocycles. The van der Waals surface area contributed by atoms with Gasteiger partial charge in [0.15, 0.2) is 12.1 Å². The van der Waals surface area contributed by atoms with Crippen LogP contribution >= 0.6 is 0 Å². The topological polar surface area (TPSA) is 49.5 Å². The van der Waals surface area contributed by atoms with Crippen LogP contribution in [0.5, 0.6) is 0 Å². The predicted molar refractivity (Wildman–Crippen MR) is 103 cm³/mol. The first kappa shape index (κ1) is 18.3. The highest BCUT2D eigenvalue weighted by Crippen LogP contribution is 2.49. The van der Waals surface area contributed by atoms with Crippen LogP contribution in [0, 0.1) is 6.92 Å². The molecule has 0 aliphatic carbocycles. The van der Waals surface area contributed by atoms with Crippen LogP contribution in [-0.2, 0) is 30.3 Å². The average molecular weight is 382 g/mol. The van der Waals surface area contributed by atoms with E-state index in [1.807, 2.05) is 32.0 Å². The number of aryl methyl sites for hydroxylation is 1. The minimum atomic E-state index is -0.671. The Balaban J connectivity index is 1.32. The van der Waals surface area contributed by atoms with E-state index in [0.29, 0.717) is 6.61 Å². The van der Waals surface area contributed by atoms with E-state index in [1.165, 1.54) is 11.1 Å². The van der Waals surface area contributed by atoms with E-state index in [1.54, 1.807) is 0 Å². The van der Waals surface area contributed by atoms with Crippen LogP contribution in [0.4, 0.5) is 0 Å². The zero-order valence-corrected chi connectivity index (χ0v) is 16.4. The SMILES string of the molecule is Cc1ccc([C@H]2O[C@@H]2[C@H]2OC3OC(C)(C)O[C@@H]3[C@H]2OCc2ccccc2)cc1. The maximum absolute atomic E-state index is 6.30. The number of ether oxygens (including phenoxy) is 5. The van der Waals surface area contributed by atoms with Crippen molar-refractivity contribution in [1.82, 2.24) is 0 Å². The Bertz CT molecular complexity index is 819. The van der Waals surface area contributed by atoms with E-state index in [9.17, 15) is 0 Å². The molecule has 0 aromatic heterocycles. The van der Waals surface area contributed by atoms with Crippen molar-refractivity contribution in [3.8, 4) is 0 Å². The van der Waals surface area contributed by atoms with E-state index in [-0.39, 0.29) is 30.5 Å². The van der Waals surface area contributed by atoms with E-state index in [2.05, 4.69) is 43.3 Å². The maximum Gasteiger partial charge on any atom is 0.190 e. The second-order valence-corrected chi connectivity index (χ2v) is 8.26. The van der Waals surface area contributed by atoms with Crippen molar-refractivity contribution in [2.24, 2.45) is 0 Å². The molecule has 0 saturated carbocycles. The number of benzene rings is 2. The summed E-state index contributed by atoms with van der Waals surface area (Å²) in [4.78, 5) is 0. The van der Waals surface area contributed by atoms with E-state index in [4.69, 9.17) is 23.7 Å². The molecule has 3 aliphatic rings. The van der Waals surface area contributed by atoms with Gasteiger partial charge in [0.2, 0.25) is 0 Å². The molecule has 5 heteroatoms. The lowest BCUT2D eigenvalue weighted by atomic mass is 10.0. The van der Waals surface area contributed by atoms with Gasteiger partial charge in [-0.15, -0.1) is 0 Å². The largest absolute Gasteiger partial charge is 0.368 e. The molecule has 0 bridgehead atoms. The molecular formula is C23H26O5. The van der Waals surface area contributed by atoms with Gasteiger partial charge in [-0.1, -0.05) is 60.2 Å². The minimum absolute atomic E-state index is 0.0280. The standard InChI is InChI=1S/C23H26O5/c1-14-9-11-16(12-10-14)17-19(25-17)20-18(24-13-15-7-5-4-6-8-15)21-22(26-20)28-23(2,3)27-21/h4-12,17-22H,13H2,1-3H3/t17-,18+,19+,20+,21-,22?/m1/s1. The lowest BCUT2D eigenvalue weighted by molar-refractivity contribution is -0.221. The monoisotopic (exact) mass is 382 g/mol. The van der Waals surface area contributed by atoms with E-state index >= 15 is 0 Å². The Labute approximate surface area is 165 Å². The molecule has 0 amide bonds. The zero-order chi connectivity index (χ0) is 19.3. The van der Waals surface area contributed by atoms with Crippen LogP contribution in [-0.4, -0.2) is 36.5 Å². The lowest BCUT2D eigenvalue weighted by Crippen LogP contribution is -2.39. The molecule has 0 radical (unpaired) electrons. The molecule has 6 atom stereocenters. The van der Waals surface area contributed by atoms with Gasteiger partial charge in [-0.25, -0.2) is 0 Å². The van der Waals surface area contributed by atoms with Crippen LogP contribution in [0.1, 0.15) is 36.6 Å². The molecule has 2 aromatic carbocycles. The van der Waals surface area contributed by atoms with Crippen molar-refractivity contribution in [3.63, 3.8) is 0 Å². The number of fused-ring (bicyclic) bond motifs is 1. The molecule has 3 aliphatic heterocycles. The van der Waals surface area contributed by atoms with Gasteiger partial charge in [-0.3, -0.25) is 0 Å². The molecule has 3 fully saturated rings. The second kappa shape index (κ2) is 6.94. The van der Waals surface area contributed by atoms with Gasteiger partial charge in [-0.05, 0) is 31.9 Å². The molecule has 0 spiro atoms. The third kappa shape index (κ3) is 3.49. The van der Waals surface area contributed by atoms with Gasteiger partial charge in [0.25, 0.3) is 0 Å². The van der Waals surface area contributed by atoms with Gasteiger partial charge in [0, 0.05) is 0 Å². The van der Waals surface area contributed by atoms with Crippen LogP contribution < -0.4 is 0 Å². The highest BCUT2D eigenvalue weighted by Gasteiger charge is 2.62. The highest BCUT2D eigenvalue weighted by molar-refractivity contribution is 5.27. The fraction of sp³-hybridized carbons (Fsp3) is 0.478. The van der Waals surface area contributed by atoms with Gasteiger partial charge in [0.1, 0.15) is 30.5 Å². The Kier molecular flexibility index (Phi) is 4.53. The summed E-state index contributed by atoms with van der Waals surface area (Å²) < 4.78 is 30.6. The predicted octanol–water partition coefficient (Wildman–Crippen LogP) is 3.90. The van der Waals surface area contributed by atoms with E-state index < -0.39 is 12.1 Å². The Morgan fingerprint density at radius 1 is 0.857 bits per heavy atom. The van der Waals surface area contributed by atoms with Crippen molar-refractivity contribution in [2.45, 2.75) is 70.0 Å². The maximum atomic E-state index is 6.30. The normalized spacial score (nSPS) is 35.7. The van der Waals surface area contributed by atoms with Gasteiger partial charge in [0.05, 0.1) is 6.61 Å². The summed E-state index contributed by atoms with van der Waals surface area (Å²) in [6, 6.07) is 18.6. The van der Waals surface area contributed by atoms with Crippen molar-refractivity contribution < 1.29 is 23.7 Å². The van der Waals surface area contributed by atoms with Crippen LogP contribution in [0.2, 0.25) is 0 Å². The highest BCUT2D eigenvalue weighted by atomic mass is 16.8. The molecule has 2 aromatic rings. The minimum Gasteiger partial charge on any atom is -0.368 e. The quantitative estimate of drug-likeness (QED) is 0.734. The molecule has 1 unspecified atom stereocenters. The van der Waals surface area contributed by atoms with Crippen molar-refractivity contribution in [1.29, 1.82) is 0 Å². The second-order valence-electron chi connectivity index (χ2n) is 8.26. The molecule has 5 rings (SSSR count). The van der Waals surface area contributed by atoms with Crippen LogP contribution in [0.25, 0.3) is 0 Å². The molecule has 28 heavy (non-hydrogen) atoms. The Hall–Kier alpha value is -1.76. The average Bonchev–Trinajstić information content (AvgIpc) is 3.32. The molecule has 148 valence electrons. The summed E-state index contributed by atoms with van der Waals surface area (Å²) in [5.41, 5.74) is 3.52. The molecular weight excluding hydrogens is 356 g/mol. The Morgan fingerprint density at radius 2 is 1.61 bits per heavy atom. The summed E-state index contributed by atoms with van der Waals surface area (Å²) in [5, 5.41) is 0. The lowest BCUT2D eigenvalue weighted by Gasteiger charge is -2.25. The third-order valence-corrected chi connectivity index (χ3v) is 5.57. The van der Waals surface area contributed by atoms with Crippen molar-refractivity contribution in [3.05, 3.63) is 71.3 Å². The number of rotatable bonds is 5.